The molecule has 3 heteroatoms. The highest BCUT2D eigenvalue weighted by molar-refractivity contribution is 5.45. The van der Waals surface area contributed by atoms with Crippen LogP contribution in [0.25, 0.3) is 0 Å². The van der Waals surface area contributed by atoms with Crippen LogP contribution in [0.2, 0.25) is 0 Å². The van der Waals surface area contributed by atoms with Crippen molar-refractivity contribution in [3.8, 4) is 5.75 Å². The molecule has 2 rings (SSSR count). The molecular weight excluding hydrogens is 214 g/mol. The van der Waals surface area contributed by atoms with Gasteiger partial charge in [-0.3, -0.25) is 0 Å². The summed E-state index contributed by atoms with van der Waals surface area (Å²) in [5.74, 6) is 1.02. The number of fused-ring (bicyclic) bond motifs is 1. The molecule has 1 aromatic carbocycles. The van der Waals surface area contributed by atoms with E-state index in [0.29, 0.717) is 0 Å². The largest absolute Gasteiger partial charge is 0.493 e. The molecule has 0 spiro atoms. The molecule has 2 unspecified atom stereocenters. The van der Waals surface area contributed by atoms with Crippen molar-refractivity contribution in [2.75, 3.05) is 13.7 Å². The van der Waals surface area contributed by atoms with Crippen molar-refractivity contribution in [2.45, 2.75) is 38.3 Å². The Hall–Kier alpha value is -1.06. The summed E-state index contributed by atoms with van der Waals surface area (Å²) < 4.78 is 10.9. The van der Waals surface area contributed by atoms with Gasteiger partial charge in [0.05, 0.1) is 12.7 Å². The normalized spacial score (nSPS) is 17.4. The third kappa shape index (κ3) is 2.79. The fourth-order valence-electron chi connectivity index (χ4n) is 2.22. The first-order valence-electron chi connectivity index (χ1n) is 6.25. The Bertz CT molecular complexity index is 378. The van der Waals surface area contributed by atoms with Gasteiger partial charge in [-0.05, 0) is 25.3 Å². The van der Waals surface area contributed by atoms with Crippen molar-refractivity contribution in [3.63, 3.8) is 0 Å². The molecule has 0 aromatic heterocycles. The number of hydrogen-bond donors (Lipinski definition) is 1. The Morgan fingerprint density at radius 2 is 2.24 bits per heavy atom. The molecule has 2 N–H and O–H groups in total. The molecular formula is C14H21NO2. The number of ether oxygens (including phenoxy) is 2. The second-order valence-corrected chi connectivity index (χ2v) is 4.66. The van der Waals surface area contributed by atoms with Crippen molar-refractivity contribution in [1.82, 2.24) is 0 Å². The molecule has 0 bridgehead atoms. The van der Waals surface area contributed by atoms with Gasteiger partial charge in [0.15, 0.2) is 0 Å². The lowest BCUT2D eigenvalue weighted by Crippen LogP contribution is -2.15. The van der Waals surface area contributed by atoms with Crippen LogP contribution >= 0.6 is 0 Å². The van der Waals surface area contributed by atoms with Crippen LogP contribution in [0.1, 0.15) is 36.9 Å². The third-order valence-corrected chi connectivity index (χ3v) is 3.43. The average Bonchev–Trinajstić information content (AvgIpc) is 2.83. The molecule has 0 aliphatic carbocycles. The zero-order chi connectivity index (χ0) is 12.3. The van der Waals surface area contributed by atoms with E-state index in [1.54, 1.807) is 7.11 Å². The van der Waals surface area contributed by atoms with Crippen LogP contribution in [0.4, 0.5) is 0 Å². The summed E-state index contributed by atoms with van der Waals surface area (Å²) in [6.45, 7) is 2.85. The Morgan fingerprint density at radius 1 is 1.41 bits per heavy atom. The molecule has 1 aliphatic rings. The maximum Gasteiger partial charge on any atom is 0.127 e. The van der Waals surface area contributed by atoms with Crippen molar-refractivity contribution >= 4 is 0 Å². The van der Waals surface area contributed by atoms with E-state index in [2.05, 4.69) is 25.1 Å². The monoisotopic (exact) mass is 235 g/mol. The molecule has 0 saturated heterocycles. The Kier molecular flexibility index (Phi) is 4.02. The summed E-state index contributed by atoms with van der Waals surface area (Å²) in [4.78, 5) is 0. The number of methoxy groups -OCH3 is 1. The highest BCUT2D eigenvalue weighted by atomic mass is 16.5. The van der Waals surface area contributed by atoms with Gasteiger partial charge in [0.2, 0.25) is 0 Å². The van der Waals surface area contributed by atoms with Crippen molar-refractivity contribution in [2.24, 2.45) is 5.73 Å². The molecule has 0 amide bonds. The van der Waals surface area contributed by atoms with Gasteiger partial charge in [-0.25, -0.2) is 0 Å². The molecule has 0 saturated carbocycles. The topological polar surface area (TPSA) is 44.5 Å². The van der Waals surface area contributed by atoms with Gasteiger partial charge in [-0.1, -0.05) is 18.2 Å². The van der Waals surface area contributed by atoms with Gasteiger partial charge in [0, 0.05) is 25.1 Å². The molecule has 17 heavy (non-hydrogen) atoms. The number of rotatable bonds is 5. The van der Waals surface area contributed by atoms with E-state index in [-0.39, 0.29) is 12.1 Å². The summed E-state index contributed by atoms with van der Waals surface area (Å²) in [7, 11) is 1.74. The van der Waals surface area contributed by atoms with E-state index >= 15 is 0 Å². The van der Waals surface area contributed by atoms with Crippen molar-refractivity contribution < 1.29 is 9.47 Å². The molecule has 1 aromatic rings. The van der Waals surface area contributed by atoms with Gasteiger partial charge in [0.1, 0.15) is 5.75 Å². The molecule has 2 atom stereocenters. The van der Waals surface area contributed by atoms with Crippen LogP contribution in [0.5, 0.6) is 5.75 Å². The number of benzene rings is 1. The van der Waals surface area contributed by atoms with Gasteiger partial charge in [-0.2, -0.15) is 0 Å². The summed E-state index contributed by atoms with van der Waals surface area (Å²) in [5.41, 5.74) is 8.67. The fourth-order valence-corrected chi connectivity index (χ4v) is 2.22. The first-order valence-corrected chi connectivity index (χ1v) is 6.25. The lowest BCUT2D eigenvalue weighted by atomic mass is 9.98. The Labute approximate surface area is 103 Å². The SMILES string of the molecule is COC(C)CCC(N)c1cccc2c1OCC2. The summed E-state index contributed by atoms with van der Waals surface area (Å²) in [5, 5.41) is 0. The lowest BCUT2D eigenvalue weighted by Gasteiger charge is -2.17. The van der Waals surface area contributed by atoms with Crippen molar-refractivity contribution in [1.29, 1.82) is 0 Å². The fraction of sp³-hybridized carbons (Fsp3) is 0.571. The van der Waals surface area contributed by atoms with E-state index in [0.717, 1.165) is 37.2 Å². The van der Waals surface area contributed by atoms with E-state index in [9.17, 15) is 0 Å². The van der Waals surface area contributed by atoms with Gasteiger partial charge < -0.3 is 15.2 Å². The number of hydrogen-bond acceptors (Lipinski definition) is 3. The number of nitrogens with two attached hydrogens (primary N) is 1. The number of para-hydroxylation sites is 1. The van der Waals surface area contributed by atoms with E-state index in [4.69, 9.17) is 15.2 Å². The van der Waals surface area contributed by atoms with E-state index in [1.165, 1.54) is 5.56 Å². The van der Waals surface area contributed by atoms with E-state index in [1.807, 2.05) is 0 Å². The van der Waals surface area contributed by atoms with Crippen LogP contribution in [0, 0.1) is 0 Å². The highest BCUT2D eigenvalue weighted by Gasteiger charge is 2.20. The minimum absolute atomic E-state index is 0.0423. The Balaban J connectivity index is 2.04. The summed E-state index contributed by atoms with van der Waals surface area (Å²) >= 11 is 0. The smallest absolute Gasteiger partial charge is 0.127 e. The van der Waals surface area contributed by atoms with Crippen LogP contribution in [-0.2, 0) is 11.2 Å². The quantitative estimate of drug-likeness (QED) is 0.852. The molecule has 1 aliphatic heterocycles. The standard InChI is InChI=1S/C14H21NO2/c1-10(16-2)6-7-13(15)12-5-3-4-11-8-9-17-14(11)12/h3-5,10,13H,6-9,15H2,1-2H3. The summed E-state index contributed by atoms with van der Waals surface area (Å²) in [6.07, 6.45) is 3.17. The van der Waals surface area contributed by atoms with Gasteiger partial charge >= 0.3 is 0 Å². The predicted octanol–water partition coefficient (Wildman–Crippen LogP) is 2.44. The minimum atomic E-state index is 0.0423. The van der Waals surface area contributed by atoms with Gasteiger partial charge in [0.25, 0.3) is 0 Å². The van der Waals surface area contributed by atoms with E-state index < -0.39 is 0 Å². The minimum Gasteiger partial charge on any atom is -0.493 e. The zero-order valence-electron chi connectivity index (χ0n) is 10.6. The van der Waals surface area contributed by atoms with Crippen LogP contribution in [0.3, 0.4) is 0 Å². The maximum absolute atomic E-state index is 6.24. The third-order valence-electron chi connectivity index (χ3n) is 3.43. The predicted molar refractivity (Wildman–Crippen MR) is 68.3 cm³/mol. The molecule has 0 fully saturated rings. The van der Waals surface area contributed by atoms with Crippen LogP contribution in [-0.4, -0.2) is 19.8 Å². The lowest BCUT2D eigenvalue weighted by molar-refractivity contribution is 0.107. The second-order valence-electron chi connectivity index (χ2n) is 4.66. The van der Waals surface area contributed by atoms with Crippen LogP contribution in [0.15, 0.2) is 18.2 Å². The molecule has 1 heterocycles. The first-order chi connectivity index (χ1) is 8.22. The van der Waals surface area contributed by atoms with Gasteiger partial charge in [-0.15, -0.1) is 0 Å². The van der Waals surface area contributed by atoms with Crippen LogP contribution < -0.4 is 10.5 Å². The maximum atomic E-state index is 6.24. The first kappa shape index (κ1) is 12.4. The van der Waals surface area contributed by atoms with Crippen molar-refractivity contribution in [3.05, 3.63) is 29.3 Å². The zero-order valence-corrected chi connectivity index (χ0v) is 10.6. The highest BCUT2D eigenvalue weighted by Crippen LogP contribution is 2.34. The Morgan fingerprint density at radius 3 is 3.00 bits per heavy atom. The molecule has 94 valence electrons. The molecule has 3 nitrogen and oxygen atoms in total. The second kappa shape index (κ2) is 5.52. The average molecular weight is 235 g/mol. The summed E-state index contributed by atoms with van der Waals surface area (Å²) in [6, 6.07) is 6.31. The molecule has 0 radical (unpaired) electrons.